The van der Waals surface area contributed by atoms with Gasteiger partial charge in [0.1, 0.15) is 23.1 Å². The number of esters is 1. The van der Waals surface area contributed by atoms with Crippen molar-refractivity contribution in [2.45, 2.75) is 36.8 Å². The summed E-state index contributed by atoms with van der Waals surface area (Å²) in [6, 6.07) is 9.44. The van der Waals surface area contributed by atoms with Crippen LogP contribution in [0.15, 0.2) is 53.6 Å². The number of methoxy groups -OCH3 is 1. The number of hydrogen-bond donors (Lipinski definition) is 2. The number of halogens is 3. The van der Waals surface area contributed by atoms with E-state index in [2.05, 4.69) is 24.9 Å². The predicted molar refractivity (Wildman–Crippen MR) is 172 cm³/mol. The van der Waals surface area contributed by atoms with Crippen molar-refractivity contribution in [3.63, 3.8) is 0 Å². The van der Waals surface area contributed by atoms with E-state index in [0.717, 1.165) is 50.7 Å². The Bertz CT molecular complexity index is 1940. The number of likely N-dealkylation sites (tertiary alicyclic amines) is 1. The van der Waals surface area contributed by atoms with Crippen LogP contribution in [-0.2, 0) is 24.3 Å². The van der Waals surface area contributed by atoms with Crippen LogP contribution >= 0.6 is 11.6 Å². The molecule has 0 amide bonds. The standard InChI is InChI=1S/C32H32ClF2N5O6S/c1-18(41)46-27-17-45-31-23(27)14-21(33)15-28(31)47(42,43)39-26-6-4-24(34)29(30(26)35)19-3-5-25-20(13-19)16-36-32(38-25)37-22-7-9-40(10-8-22)11-12-44-2/h3-6,13-16,22,27,39H,7-12,17H2,1-2H3,(H,36,37,38). The zero-order chi connectivity index (χ0) is 33.3. The third kappa shape index (κ3) is 7.10. The van der Waals surface area contributed by atoms with Crippen LogP contribution in [0.1, 0.15) is 31.4 Å². The van der Waals surface area contributed by atoms with Crippen LogP contribution in [-0.4, -0.2) is 75.3 Å². The fourth-order valence-electron chi connectivity index (χ4n) is 5.79. The van der Waals surface area contributed by atoms with E-state index in [1.54, 1.807) is 25.4 Å². The number of rotatable bonds is 10. The number of carbonyl (C=O) groups is 1. The van der Waals surface area contributed by atoms with E-state index in [1.807, 2.05) is 0 Å². The van der Waals surface area contributed by atoms with Gasteiger partial charge in [-0.3, -0.25) is 9.52 Å². The summed E-state index contributed by atoms with van der Waals surface area (Å²) in [6.45, 7) is 4.56. The van der Waals surface area contributed by atoms with Crippen LogP contribution in [0.25, 0.3) is 22.0 Å². The van der Waals surface area contributed by atoms with Gasteiger partial charge in [-0.2, -0.15) is 0 Å². The molecule has 248 valence electrons. The Morgan fingerprint density at radius 1 is 1.15 bits per heavy atom. The zero-order valence-corrected chi connectivity index (χ0v) is 27.1. The van der Waals surface area contributed by atoms with Gasteiger partial charge in [0, 0.05) is 61.9 Å². The van der Waals surface area contributed by atoms with Crippen molar-refractivity contribution in [3.8, 4) is 16.9 Å². The van der Waals surface area contributed by atoms with Gasteiger partial charge in [-0.15, -0.1) is 0 Å². The Hall–Kier alpha value is -4.11. The third-order valence-corrected chi connectivity index (χ3v) is 9.70. The van der Waals surface area contributed by atoms with Crippen LogP contribution in [0.5, 0.6) is 5.75 Å². The average Bonchev–Trinajstić information content (AvgIpc) is 3.43. The summed E-state index contributed by atoms with van der Waals surface area (Å²) in [5, 5.41) is 3.96. The van der Waals surface area contributed by atoms with Crippen molar-refractivity contribution in [3.05, 3.63) is 70.9 Å². The van der Waals surface area contributed by atoms with E-state index >= 15 is 8.78 Å². The Morgan fingerprint density at radius 3 is 2.68 bits per heavy atom. The van der Waals surface area contributed by atoms with Crippen LogP contribution in [0, 0.1) is 11.6 Å². The number of ether oxygens (including phenoxy) is 3. The topological polar surface area (TPSA) is 132 Å². The Balaban J connectivity index is 1.23. The molecule has 6 rings (SSSR count). The van der Waals surface area contributed by atoms with E-state index in [9.17, 15) is 13.2 Å². The number of fused-ring (bicyclic) bond motifs is 2. The lowest BCUT2D eigenvalue weighted by Gasteiger charge is -2.32. The highest BCUT2D eigenvalue weighted by atomic mass is 35.5. The lowest BCUT2D eigenvalue weighted by atomic mass is 10.0. The van der Waals surface area contributed by atoms with Crippen LogP contribution in [0.2, 0.25) is 5.02 Å². The van der Waals surface area contributed by atoms with Gasteiger partial charge in [0.15, 0.2) is 11.9 Å². The SMILES string of the molecule is COCCN1CCC(Nc2ncc3cc(-c4c(F)ccc(NS(=O)(=O)c5cc(Cl)cc6c5OCC6OC(C)=O)c4F)ccc3n2)CC1. The first-order chi connectivity index (χ1) is 22.5. The first-order valence-electron chi connectivity index (χ1n) is 14.9. The fraction of sp³-hybridized carbons (Fsp3) is 0.344. The Kier molecular flexibility index (Phi) is 9.46. The van der Waals surface area contributed by atoms with Crippen LogP contribution in [0.3, 0.4) is 0 Å². The molecule has 3 heterocycles. The van der Waals surface area contributed by atoms with Crippen LogP contribution in [0.4, 0.5) is 20.4 Å². The molecule has 0 bridgehead atoms. The van der Waals surface area contributed by atoms with E-state index < -0.39 is 45.0 Å². The number of aromatic nitrogens is 2. The molecular formula is C32H32ClF2N5O6S. The minimum Gasteiger partial charge on any atom is -0.487 e. The second-order valence-corrected chi connectivity index (χ2v) is 13.4. The first kappa shape index (κ1) is 32.8. The van der Waals surface area contributed by atoms with Crippen molar-refractivity contribution in [2.75, 3.05) is 50.0 Å². The minimum absolute atomic E-state index is 0.0344. The zero-order valence-electron chi connectivity index (χ0n) is 25.6. The molecule has 47 heavy (non-hydrogen) atoms. The number of benzene rings is 3. The smallest absolute Gasteiger partial charge is 0.303 e. The third-order valence-electron chi connectivity index (χ3n) is 8.11. The fourth-order valence-corrected chi connectivity index (χ4v) is 7.34. The van der Waals surface area contributed by atoms with Gasteiger partial charge in [0.05, 0.1) is 23.4 Å². The summed E-state index contributed by atoms with van der Waals surface area (Å²) in [5.41, 5.74) is 0.0695. The maximum atomic E-state index is 15.9. The van der Waals surface area contributed by atoms with Gasteiger partial charge < -0.3 is 24.4 Å². The lowest BCUT2D eigenvalue weighted by molar-refractivity contribution is -0.147. The highest BCUT2D eigenvalue weighted by Crippen LogP contribution is 2.43. The second-order valence-electron chi connectivity index (χ2n) is 11.3. The molecular weight excluding hydrogens is 656 g/mol. The van der Waals surface area contributed by atoms with E-state index in [0.29, 0.717) is 23.5 Å². The molecule has 0 saturated carbocycles. The van der Waals surface area contributed by atoms with Crippen molar-refractivity contribution in [2.24, 2.45) is 0 Å². The van der Waals surface area contributed by atoms with Gasteiger partial charge in [-0.05, 0) is 54.8 Å². The highest BCUT2D eigenvalue weighted by Gasteiger charge is 2.34. The van der Waals surface area contributed by atoms with Gasteiger partial charge in [-0.1, -0.05) is 17.7 Å². The molecule has 1 unspecified atom stereocenters. The summed E-state index contributed by atoms with van der Waals surface area (Å²) in [7, 11) is -2.81. The maximum Gasteiger partial charge on any atom is 0.303 e. The van der Waals surface area contributed by atoms with Gasteiger partial charge in [0.2, 0.25) is 5.95 Å². The number of piperidine rings is 1. The predicted octanol–water partition coefficient (Wildman–Crippen LogP) is 5.55. The van der Waals surface area contributed by atoms with E-state index in [-0.39, 0.29) is 39.4 Å². The molecule has 2 N–H and O–H groups in total. The summed E-state index contributed by atoms with van der Waals surface area (Å²) < 4.78 is 76.1. The number of anilines is 2. The normalized spacial score (nSPS) is 16.9. The summed E-state index contributed by atoms with van der Waals surface area (Å²) in [6.07, 6.45) is 2.58. The van der Waals surface area contributed by atoms with Crippen LogP contribution < -0.4 is 14.8 Å². The first-order valence-corrected chi connectivity index (χ1v) is 16.8. The average molecular weight is 688 g/mol. The molecule has 2 aliphatic heterocycles. The summed E-state index contributed by atoms with van der Waals surface area (Å²) in [4.78, 5) is 22.5. The molecule has 11 nitrogen and oxygen atoms in total. The lowest BCUT2D eigenvalue weighted by Crippen LogP contribution is -2.40. The molecule has 3 aromatic carbocycles. The molecule has 2 aliphatic rings. The largest absolute Gasteiger partial charge is 0.487 e. The minimum atomic E-state index is -4.50. The Morgan fingerprint density at radius 2 is 1.94 bits per heavy atom. The number of nitrogens with zero attached hydrogens (tertiary/aromatic N) is 3. The van der Waals surface area contributed by atoms with Crippen molar-refractivity contribution in [1.29, 1.82) is 0 Å². The van der Waals surface area contributed by atoms with E-state index in [1.165, 1.54) is 19.1 Å². The molecule has 0 radical (unpaired) electrons. The number of carbonyl (C=O) groups excluding carboxylic acids is 1. The molecule has 1 atom stereocenters. The van der Waals surface area contributed by atoms with Crippen molar-refractivity contribution < 1.29 is 36.2 Å². The molecule has 1 saturated heterocycles. The van der Waals surface area contributed by atoms with Gasteiger partial charge in [0.25, 0.3) is 10.0 Å². The highest BCUT2D eigenvalue weighted by molar-refractivity contribution is 7.92. The Labute approximate surface area is 275 Å². The van der Waals surface area contributed by atoms with Crippen molar-refractivity contribution >= 4 is 50.1 Å². The van der Waals surface area contributed by atoms with E-state index in [4.69, 9.17) is 25.8 Å². The van der Waals surface area contributed by atoms with Gasteiger partial charge >= 0.3 is 5.97 Å². The number of nitrogens with one attached hydrogen (secondary N) is 2. The summed E-state index contributed by atoms with van der Waals surface area (Å²) in [5.74, 6) is -2.22. The number of sulfonamides is 1. The molecule has 0 aliphatic carbocycles. The maximum absolute atomic E-state index is 15.9. The molecule has 1 aromatic heterocycles. The van der Waals surface area contributed by atoms with Gasteiger partial charge in [-0.25, -0.2) is 27.2 Å². The monoisotopic (exact) mass is 687 g/mol. The summed E-state index contributed by atoms with van der Waals surface area (Å²) >= 11 is 6.19. The second kappa shape index (κ2) is 13.6. The molecule has 4 aromatic rings. The quantitative estimate of drug-likeness (QED) is 0.205. The molecule has 15 heteroatoms. The molecule has 0 spiro atoms. The van der Waals surface area contributed by atoms with Crippen molar-refractivity contribution in [1.82, 2.24) is 14.9 Å². The molecule has 1 fully saturated rings. The number of hydrogen-bond acceptors (Lipinski definition) is 10.